The molecule has 5 atom stereocenters. The highest BCUT2D eigenvalue weighted by Gasteiger charge is 2.50. The molecule has 2 aromatic carbocycles. The molecule has 2 N–H and O–H groups in total. The smallest absolute Gasteiger partial charge is 0.181 e. The first-order valence-corrected chi connectivity index (χ1v) is 9.05. The molecule has 7 heteroatoms. The maximum absolute atomic E-state index is 13.4. The number of nitrogens with zero attached hydrogens (tertiary/aromatic N) is 2. The minimum atomic E-state index is -0.734. The van der Waals surface area contributed by atoms with Crippen molar-refractivity contribution in [2.75, 3.05) is 6.61 Å². The van der Waals surface area contributed by atoms with E-state index < -0.39 is 18.4 Å². The molecule has 2 aliphatic rings. The Balaban J connectivity index is 1.42. The number of rotatable bonds is 4. The summed E-state index contributed by atoms with van der Waals surface area (Å²) in [6.45, 7) is 0.840. The number of hydrogen-bond acceptors (Lipinski definition) is 5. The Morgan fingerprint density at radius 2 is 2.11 bits per heavy atom. The number of fused-ring (bicyclic) bond motifs is 3. The predicted octanol–water partition coefficient (Wildman–Crippen LogP) is 1.99. The first-order chi connectivity index (χ1) is 13.2. The third-order valence-corrected chi connectivity index (χ3v) is 5.36. The molecule has 0 aliphatic carbocycles. The maximum Gasteiger partial charge on any atom is 0.181 e. The van der Waals surface area contributed by atoms with Gasteiger partial charge >= 0.3 is 0 Å². The molecule has 2 saturated heterocycles. The van der Waals surface area contributed by atoms with Gasteiger partial charge in [-0.1, -0.05) is 24.3 Å². The second-order valence-corrected chi connectivity index (χ2v) is 7.03. The number of halogens is 1. The zero-order valence-electron chi connectivity index (χ0n) is 14.5. The first kappa shape index (κ1) is 16.8. The van der Waals surface area contributed by atoms with Crippen molar-refractivity contribution >= 4 is 11.0 Å². The second-order valence-electron chi connectivity index (χ2n) is 7.03. The molecule has 0 saturated carbocycles. The van der Waals surface area contributed by atoms with Crippen molar-refractivity contribution < 1.29 is 19.0 Å². The molecule has 3 aromatic rings. The van der Waals surface area contributed by atoms with Crippen LogP contribution < -0.4 is 5.32 Å². The summed E-state index contributed by atoms with van der Waals surface area (Å²) in [5, 5.41) is 14.5. The first-order valence-electron chi connectivity index (χ1n) is 9.05. The number of hydrogen-bond donors (Lipinski definition) is 2. The molecule has 3 heterocycles. The highest BCUT2D eigenvalue weighted by molar-refractivity contribution is 5.75. The Bertz CT molecular complexity index is 962. The number of para-hydroxylation sites is 2. The van der Waals surface area contributed by atoms with Crippen LogP contribution in [0.4, 0.5) is 4.39 Å². The average Bonchev–Trinajstić information content (AvgIpc) is 3.28. The van der Waals surface area contributed by atoms with E-state index in [9.17, 15) is 9.50 Å². The molecule has 0 spiro atoms. The number of ether oxygens (including phenoxy) is 2. The van der Waals surface area contributed by atoms with Gasteiger partial charge in [-0.05, 0) is 29.8 Å². The molecule has 2 aliphatic heterocycles. The van der Waals surface area contributed by atoms with Crippen molar-refractivity contribution in [3.8, 4) is 0 Å². The lowest BCUT2D eigenvalue weighted by Gasteiger charge is -2.39. The second kappa shape index (κ2) is 6.69. The minimum Gasteiger partial charge on any atom is -0.389 e. The van der Waals surface area contributed by atoms with Gasteiger partial charge in [0, 0.05) is 6.54 Å². The van der Waals surface area contributed by atoms with E-state index in [1.54, 1.807) is 12.4 Å². The SMILES string of the molecule is OC1C(NCc2cccc(F)c2)C2COC(O2)C1n1cnc2ccccc21. The van der Waals surface area contributed by atoms with Crippen molar-refractivity contribution in [2.24, 2.45) is 0 Å². The summed E-state index contributed by atoms with van der Waals surface area (Å²) >= 11 is 0. The van der Waals surface area contributed by atoms with E-state index in [1.807, 2.05) is 34.9 Å². The Morgan fingerprint density at radius 1 is 1.22 bits per heavy atom. The highest BCUT2D eigenvalue weighted by atomic mass is 19.1. The number of nitrogens with one attached hydrogen (secondary N) is 1. The van der Waals surface area contributed by atoms with Crippen LogP contribution in [0.3, 0.4) is 0 Å². The molecule has 5 rings (SSSR count). The lowest BCUT2D eigenvalue weighted by atomic mass is 9.95. The van der Waals surface area contributed by atoms with Gasteiger partial charge in [0.1, 0.15) is 18.0 Å². The van der Waals surface area contributed by atoms with Crippen LogP contribution in [0.5, 0.6) is 0 Å². The van der Waals surface area contributed by atoms with Gasteiger partial charge in [0.2, 0.25) is 0 Å². The van der Waals surface area contributed by atoms with Crippen molar-refractivity contribution in [1.29, 1.82) is 0 Å². The third-order valence-electron chi connectivity index (χ3n) is 5.36. The third kappa shape index (κ3) is 2.93. The van der Waals surface area contributed by atoms with E-state index in [0.717, 1.165) is 16.6 Å². The number of benzene rings is 2. The van der Waals surface area contributed by atoms with Crippen molar-refractivity contribution in [2.45, 2.75) is 37.1 Å². The molecule has 1 aromatic heterocycles. The topological polar surface area (TPSA) is 68.5 Å². The van der Waals surface area contributed by atoms with Gasteiger partial charge in [0.25, 0.3) is 0 Å². The Labute approximate surface area is 155 Å². The Morgan fingerprint density at radius 3 is 3.00 bits per heavy atom. The number of aromatic nitrogens is 2. The molecule has 0 radical (unpaired) electrons. The van der Waals surface area contributed by atoms with Crippen LogP contribution in [-0.4, -0.2) is 45.8 Å². The van der Waals surface area contributed by atoms with E-state index in [1.165, 1.54) is 12.1 Å². The van der Waals surface area contributed by atoms with Gasteiger partial charge in [-0.15, -0.1) is 0 Å². The van der Waals surface area contributed by atoms with Crippen molar-refractivity contribution in [3.05, 3.63) is 66.2 Å². The van der Waals surface area contributed by atoms with Crippen molar-refractivity contribution in [1.82, 2.24) is 14.9 Å². The summed E-state index contributed by atoms with van der Waals surface area (Å²) in [6, 6.07) is 13.4. The summed E-state index contributed by atoms with van der Waals surface area (Å²) in [7, 11) is 0. The van der Waals surface area contributed by atoms with E-state index in [-0.39, 0.29) is 18.0 Å². The zero-order chi connectivity index (χ0) is 18.4. The van der Waals surface area contributed by atoms with Crippen LogP contribution in [0.1, 0.15) is 11.6 Å². The van der Waals surface area contributed by atoms with E-state index in [2.05, 4.69) is 10.3 Å². The molecule has 6 nitrogen and oxygen atoms in total. The summed E-state index contributed by atoms with van der Waals surface area (Å²) in [6.07, 6.45) is 0.218. The largest absolute Gasteiger partial charge is 0.389 e. The summed E-state index contributed by atoms with van der Waals surface area (Å²) < 4.78 is 27.2. The monoisotopic (exact) mass is 369 g/mol. The van der Waals surface area contributed by atoms with Crippen LogP contribution in [0.15, 0.2) is 54.9 Å². The summed E-state index contributed by atoms with van der Waals surface area (Å²) in [4.78, 5) is 4.42. The normalized spacial score (nSPS) is 30.1. The maximum atomic E-state index is 13.4. The van der Waals surface area contributed by atoms with Crippen LogP contribution in [0.2, 0.25) is 0 Å². The average molecular weight is 369 g/mol. The molecule has 2 fully saturated rings. The van der Waals surface area contributed by atoms with Gasteiger partial charge in [0.15, 0.2) is 6.29 Å². The lowest BCUT2D eigenvalue weighted by molar-refractivity contribution is -0.164. The molecule has 27 heavy (non-hydrogen) atoms. The fourth-order valence-electron chi connectivity index (χ4n) is 4.05. The van der Waals surface area contributed by atoms with Gasteiger partial charge in [-0.25, -0.2) is 9.37 Å². The van der Waals surface area contributed by atoms with Gasteiger partial charge in [0.05, 0.1) is 36.1 Å². The van der Waals surface area contributed by atoms with Crippen LogP contribution in [0, 0.1) is 5.82 Å². The standard InChI is InChI=1S/C20H20FN3O3/c21-13-5-3-4-12(8-13)9-22-17-16-10-26-20(27-16)18(19(17)25)24-11-23-14-6-1-2-7-15(14)24/h1-8,11,16-20,22,25H,9-10H2. The lowest BCUT2D eigenvalue weighted by Crippen LogP contribution is -2.57. The Hall–Kier alpha value is -2.32. The quantitative estimate of drug-likeness (QED) is 0.736. The van der Waals surface area contributed by atoms with Gasteiger partial charge in [-0.2, -0.15) is 0 Å². The van der Waals surface area contributed by atoms with Crippen LogP contribution >= 0.6 is 0 Å². The summed E-state index contributed by atoms with van der Waals surface area (Å²) in [5.41, 5.74) is 2.59. The molecular weight excluding hydrogens is 349 g/mol. The number of imidazole rings is 1. The number of aliphatic hydroxyl groups excluding tert-OH is 1. The van der Waals surface area contributed by atoms with Crippen LogP contribution in [-0.2, 0) is 16.0 Å². The van der Waals surface area contributed by atoms with E-state index in [0.29, 0.717) is 13.2 Å². The van der Waals surface area contributed by atoms with E-state index in [4.69, 9.17) is 9.47 Å². The minimum absolute atomic E-state index is 0.246. The van der Waals surface area contributed by atoms with Crippen LogP contribution in [0.25, 0.3) is 11.0 Å². The van der Waals surface area contributed by atoms with Crippen molar-refractivity contribution in [3.63, 3.8) is 0 Å². The van der Waals surface area contributed by atoms with Gasteiger partial charge in [-0.3, -0.25) is 0 Å². The zero-order valence-corrected chi connectivity index (χ0v) is 14.5. The van der Waals surface area contributed by atoms with Gasteiger partial charge < -0.3 is 24.5 Å². The highest BCUT2D eigenvalue weighted by Crippen LogP contribution is 2.37. The molecule has 0 amide bonds. The number of aliphatic hydroxyl groups is 1. The predicted molar refractivity (Wildman–Crippen MR) is 96.4 cm³/mol. The Kier molecular flexibility index (Phi) is 4.17. The fraction of sp³-hybridized carbons (Fsp3) is 0.350. The molecule has 140 valence electrons. The molecule has 2 bridgehead atoms. The molecular formula is C20H20FN3O3. The molecule has 5 unspecified atom stereocenters. The fourth-order valence-corrected chi connectivity index (χ4v) is 4.05. The summed E-state index contributed by atoms with van der Waals surface area (Å²) in [5.74, 6) is -0.276. The van der Waals surface area contributed by atoms with E-state index >= 15 is 0 Å².